The van der Waals surface area contributed by atoms with E-state index in [9.17, 15) is 5.21 Å². The number of para-hydroxylation sites is 1. The maximum absolute atomic E-state index is 12.0. The molecule has 0 saturated heterocycles. The molecule has 5 heteroatoms. The molecule has 2 heterocycles. The van der Waals surface area contributed by atoms with Crippen LogP contribution >= 0.6 is 0 Å². The third-order valence-electron chi connectivity index (χ3n) is 3.19. The highest BCUT2D eigenvalue weighted by atomic mass is 16.5. The van der Waals surface area contributed by atoms with Crippen LogP contribution in [0.2, 0.25) is 0 Å². The highest BCUT2D eigenvalue weighted by molar-refractivity contribution is 5.72. The summed E-state index contributed by atoms with van der Waals surface area (Å²) in [6.45, 7) is 2.54. The molecule has 3 rings (SSSR count). The molecule has 21 heavy (non-hydrogen) atoms. The van der Waals surface area contributed by atoms with Crippen LogP contribution in [0.4, 0.5) is 5.69 Å². The fraction of sp³-hybridized carbons (Fsp3) is 0.125. The van der Waals surface area contributed by atoms with Crippen LogP contribution in [0, 0.1) is 12.1 Å². The summed E-state index contributed by atoms with van der Waals surface area (Å²) in [6, 6.07) is 12.7. The number of imidazole rings is 1. The molecular weight excluding hydrogens is 266 g/mol. The highest BCUT2D eigenvalue weighted by Gasteiger charge is 2.07. The van der Waals surface area contributed by atoms with E-state index in [1.165, 1.54) is 6.21 Å². The van der Waals surface area contributed by atoms with Crippen LogP contribution in [-0.2, 0) is 6.54 Å². The molecule has 0 unspecified atom stereocenters. The zero-order chi connectivity index (χ0) is 14.7. The van der Waals surface area contributed by atoms with Gasteiger partial charge in [0.2, 0.25) is 11.9 Å². The molecule has 3 aromatic rings. The molecule has 0 atom stereocenters. The Balaban J connectivity index is 1.78. The lowest BCUT2D eigenvalue weighted by molar-refractivity contribution is -0.354. The highest BCUT2D eigenvalue weighted by Crippen LogP contribution is 2.12. The van der Waals surface area contributed by atoms with Crippen LogP contribution in [0.1, 0.15) is 17.3 Å². The summed E-state index contributed by atoms with van der Waals surface area (Å²) in [4.78, 5) is 4.16. The molecule has 0 saturated carbocycles. The van der Waals surface area contributed by atoms with Crippen molar-refractivity contribution in [3.8, 4) is 0 Å². The Hall–Kier alpha value is -2.82. The van der Waals surface area contributed by atoms with Crippen molar-refractivity contribution in [1.82, 2.24) is 9.55 Å². The monoisotopic (exact) mass is 281 g/mol. The number of rotatable bonds is 4. The van der Waals surface area contributed by atoms with Gasteiger partial charge in [-0.15, -0.1) is 0 Å². The average molecular weight is 281 g/mol. The van der Waals surface area contributed by atoms with Gasteiger partial charge in [-0.3, -0.25) is 0 Å². The number of hydrogen-bond donors (Lipinski definition) is 0. The first-order chi connectivity index (χ1) is 10.2. The van der Waals surface area contributed by atoms with Gasteiger partial charge in [0.05, 0.1) is 6.54 Å². The number of furan rings is 1. The van der Waals surface area contributed by atoms with Gasteiger partial charge in [0.1, 0.15) is 11.6 Å². The maximum atomic E-state index is 12.0. The van der Waals surface area contributed by atoms with Gasteiger partial charge >= 0.3 is 0 Å². The zero-order valence-corrected chi connectivity index (χ0v) is 11.6. The molecule has 0 spiro atoms. The molecule has 5 nitrogen and oxygen atoms in total. The molecule has 2 aromatic heterocycles. The van der Waals surface area contributed by atoms with Crippen LogP contribution < -0.4 is 0 Å². The van der Waals surface area contributed by atoms with Crippen LogP contribution in [0.25, 0.3) is 0 Å². The Morgan fingerprint density at radius 1 is 1.24 bits per heavy atom. The predicted octanol–water partition coefficient (Wildman–Crippen LogP) is 3.09. The van der Waals surface area contributed by atoms with Gasteiger partial charge in [0, 0.05) is 24.5 Å². The van der Waals surface area contributed by atoms with Crippen molar-refractivity contribution in [2.45, 2.75) is 13.5 Å². The molecule has 0 fully saturated rings. The van der Waals surface area contributed by atoms with Crippen molar-refractivity contribution in [2.75, 3.05) is 0 Å². The van der Waals surface area contributed by atoms with Crippen molar-refractivity contribution in [3.05, 3.63) is 77.4 Å². The van der Waals surface area contributed by atoms with E-state index in [-0.39, 0.29) is 0 Å². The fourth-order valence-corrected chi connectivity index (χ4v) is 2.05. The summed E-state index contributed by atoms with van der Waals surface area (Å²) in [6.07, 6.45) is 5.07. The molecule has 0 N–H and O–H groups in total. The van der Waals surface area contributed by atoms with Gasteiger partial charge < -0.3 is 14.2 Å². The van der Waals surface area contributed by atoms with Crippen molar-refractivity contribution in [2.24, 2.45) is 0 Å². The largest absolute Gasteiger partial charge is 0.618 e. The fourth-order valence-electron chi connectivity index (χ4n) is 2.05. The normalized spacial score (nSPS) is 11.8. The van der Waals surface area contributed by atoms with Crippen molar-refractivity contribution in [1.29, 1.82) is 0 Å². The van der Waals surface area contributed by atoms with Gasteiger partial charge in [0.15, 0.2) is 5.76 Å². The van der Waals surface area contributed by atoms with Crippen LogP contribution in [0.5, 0.6) is 0 Å². The smallest absolute Gasteiger partial charge is 0.223 e. The second-order valence-corrected chi connectivity index (χ2v) is 4.70. The van der Waals surface area contributed by atoms with Gasteiger partial charge in [-0.2, -0.15) is 4.74 Å². The first-order valence-electron chi connectivity index (χ1n) is 6.65. The van der Waals surface area contributed by atoms with E-state index in [1.54, 1.807) is 24.4 Å². The number of benzene rings is 1. The SMILES string of the molecule is Cc1nccn1Cc1ccc(/C=[N+](\[O-])c2ccccc2)o1. The Labute approximate surface area is 122 Å². The molecule has 0 amide bonds. The lowest BCUT2D eigenvalue weighted by atomic mass is 10.3. The van der Waals surface area contributed by atoms with E-state index in [1.807, 2.05) is 42.0 Å². The van der Waals surface area contributed by atoms with E-state index in [0.29, 0.717) is 18.0 Å². The maximum Gasteiger partial charge on any atom is 0.223 e. The summed E-state index contributed by atoms with van der Waals surface area (Å²) in [5, 5.41) is 12.0. The van der Waals surface area contributed by atoms with E-state index in [4.69, 9.17) is 4.42 Å². The summed E-state index contributed by atoms with van der Waals surface area (Å²) in [7, 11) is 0. The van der Waals surface area contributed by atoms with Crippen molar-refractivity contribution in [3.63, 3.8) is 0 Å². The molecule has 1 aromatic carbocycles. The van der Waals surface area contributed by atoms with Crippen LogP contribution in [-0.4, -0.2) is 20.5 Å². The van der Waals surface area contributed by atoms with E-state index >= 15 is 0 Å². The van der Waals surface area contributed by atoms with Crippen LogP contribution in [0.3, 0.4) is 0 Å². The molecule has 0 radical (unpaired) electrons. The molecule has 0 aliphatic heterocycles. The van der Waals surface area contributed by atoms with Gasteiger partial charge in [-0.05, 0) is 19.1 Å². The minimum absolute atomic E-state index is 0.529. The average Bonchev–Trinajstić information content (AvgIpc) is 3.10. The first kappa shape index (κ1) is 13.2. The van der Waals surface area contributed by atoms with E-state index in [0.717, 1.165) is 16.3 Å². The minimum Gasteiger partial charge on any atom is -0.618 e. The summed E-state index contributed by atoms with van der Waals surface area (Å²) in [5.41, 5.74) is 0.570. The van der Waals surface area contributed by atoms with Gasteiger partial charge in [-0.25, -0.2) is 4.98 Å². The van der Waals surface area contributed by atoms with E-state index in [2.05, 4.69) is 4.98 Å². The minimum atomic E-state index is 0.529. The number of hydrogen-bond acceptors (Lipinski definition) is 3. The molecule has 106 valence electrons. The Morgan fingerprint density at radius 3 is 2.76 bits per heavy atom. The van der Waals surface area contributed by atoms with Gasteiger partial charge in [-0.1, -0.05) is 18.2 Å². The third kappa shape index (κ3) is 3.02. The lowest BCUT2D eigenvalue weighted by Crippen LogP contribution is -2.00. The zero-order valence-electron chi connectivity index (χ0n) is 11.6. The number of aryl methyl sites for hydroxylation is 1. The second kappa shape index (κ2) is 5.66. The molecule has 0 aliphatic rings. The quantitative estimate of drug-likeness (QED) is 0.319. The van der Waals surface area contributed by atoms with Crippen molar-refractivity contribution >= 4 is 11.9 Å². The number of aromatic nitrogens is 2. The summed E-state index contributed by atoms with van der Waals surface area (Å²) in [5.74, 6) is 2.23. The predicted molar refractivity (Wildman–Crippen MR) is 79.7 cm³/mol. The second-order valence-electron chi connectivity index (χ2n) is 4.70. The third-order valence-corrected chi connectivity index (χ3v) is 3.19. The number of nitrogens with zero attached hydrogens (tertiary/aromatic N) is 3. The lowest BCUT2D eigenvalue weighted by Gasteiger charge is -2.02. The van der Waals surface area contributed by atoms with E-state index < -0.39 is 0 Å². The first-order valence-corrected chi connectivity index (χ1v) is 6.65. The van der Waals surface area contributed by atoms with Gasteiger partial charge in [0.25, 0.3) is 0 Å². The summed E-state index contributed by atoms with van der Waals surface area (Å²) >= 11 is 0. The summed E-state index contributed by atoms with van der Waals surface area (Å²) < 4.78 is 8.44. The Morgan fingerprint density at radius 2 is 2.05 bits per heavy atom. The molecular formula is C16H15N3O2. The van der Waals surface area contributed by atoms with Crippen molar-refractivity contribution < 1.29 is 9.16 Å². The molecule has 0 aliphatic carbocycles. The Bertz CT molecular complexity index is 757. The molecule has 0 bridgehead atoms. The van der Waals surface area contributed by atoms with Crippen LogP contribution in [0.15, 0.2) is 59.3 Å². The topological polar surface area (TPSA) is 57.0 Å². The Kier molecular flexibility index (Phi) is 3.55. The standard InChI is InChI=1S/C16H15N3O2/c1-13-17-9-10-18(13)11-15-7-8-16(21-15)12-19(20)14-5-3-2-4-6-14/h2-10,12H,11H2,1H3/b19-12-.